The monoisotopic (exact) mass is 281 g/mol. The smallest absolute Gasteiger partial charge is 0.127 e. The second-order valence-electron chi connectivity index (χ2n) is 5.43. The molecule has 0 saturated heterocycles. The Hall–Kier alpha value is -0.770. The SMILES string of the molecule is OCCN(Cc1cc(Cl)cc2c1OCC2)C1CCC1. The summed E-state index contributed by atoms with van der Waals surface area (Å²) in [5, 5.41) is 10.0. The van der Waals surface area contributed by atoms with Gasteiger partial charge in [-0.25, -0.2) is 0 Å². The van der Waals surface area contributed by atoms with Crippen LogP contribution in [0.5, 0.6) is 5.75 Å². The van der Waals surface area contributed by atoms with Crippen molar-refractivity contribution in [2.24, 2.45) is 0 Å². The van der Waals surface area contributed by atoms with Gasteiger partial charge in [-0.05, 0) is 30.5 Å². The second kappa shape index (κ2) is 5.70. The predicted molar refractivity (Wildman–Crippen MR) is 75.8 cm³/mol. The zero-order valence-electron chi connectivity index (χ0n) is 11.1. The fourth-order valence-corrected chi connectivity index (χ4v) is 3.22. The summed E-state index contributed by atoms with van der Waals surface area (Å²) in [7, 11) is 0. The van der Waals surface area contributed by atoms with Crippen molar-refractivity contribution in [3.8, 4) is 5.75 Å². The Morgan fingerprint density at radius 2 is 2.21 bits per heavy atom. The van der Waals surface area contributed by atoms with E-state index < -0.39 is 0 Å². The molecule has 0 bridgehead atoms. The van der Waals surface area contributed by atoms with Crippen LogP contribution < -0.4 is 4.74 Å². The molecule has 104 valence electrons. The molecule has 2 aliphatic rings. The zero-order chi connectivity index (χ0) is 13.2. The topological polar surface area (TPSA) is 32.7 Å². The van der Waals surface area contributed by atoms with Gasteiger partial charge in [-0.1, -0.05) is 18.0 Å². The number of benzene rings is 1. The third-order valence-corrected chi connectivity index (χ3v) is 4.40. The Kier molecular flexibility index (Phi) is 3.96. The first kappa shape index (κ1) is 13.2. The van der Waals surface area contributed by atoms with Gasteiger partial charge in [0.2, 0.25) is 0 Å². The number of hydrogen-bond donors (Lipinski definition) is 1. The van der Waals surface area contributed by atoms with Crippen LogP contribution >= 0.6 is 11.6 Å². The van der Waals surface area contributed by atoms with Crippen LogP contribution in [-0.2, 0) is 13.0 Å². The molecule has 0 atom stereocenters. The molecule has 3 nitrogen and oxygen atoms in total. The van der Waals surface area contributed by atoms with Crippen LogP contribution in [0.2, 0.25) is 5.02 Å². The van der Waals surface area contributed by atoms with Crippen LogP contribution in [0, 0.1) is 0 Å². The molecule has 1 aromatic carbocycles. The first-order chi connectivity index (χ1) is 9.28. The minimum atomic E-state index is 0.208. The van der Waals surface area contributed by atoms with E-state index in [1.54, 1.807) is 0 Å². The fourth-order valence-electron chi connectivity index (χ4n) is 2.95. The minimum Gasteiger partial charge on any atom is -0.493 e. The van der Waals surface area contributed by atoms with Gasteiger partial charge in [-0.15, -0.1) is 0 Å². The van der Waals surface area contributed by atoms with Crippen molar-refractivity contribution in [3.05, 3.63) is 28.3 Å². The van der Waals surface area contributed by atoms with E-state index in [4.69, 9.17) is 16.3 Å². The highest BCUT2D eigenvalue weighted by atomic mass is 35.5. The molecule has 19 heavy (non-hydrogen) atoms. The summed E-state index contributed by atoms with van der Waals surface area (Å²) < 4.78 is 5.75. The second-order valence-corrected chi connectivity index (χ2v) is 5.87. The molecule has 1 aliphatic heterocycles. The molecule has 0 amide bonds. The molecule has 1 heterocycles. The molecular weight excluding hydrogens is 262 g/mol. The Morgan fingerprint density at radius 3 is 2.89 bits per heavy atom. The maximum Gasteiger partial charge on any atom is 0.127 e. The first-order valence-electron chi connectivity index (χ1n) is 7.07. The Labute approximate surface area is 119 Å². The molecular formula is C15H20ClNO2. The van der Waals surface area contributed by atoms with E-state index in [9.17, 15) is 5.11 Å². The fraction of sp³-hybridized carbons (Fsp3) is 0.600. The van der Waals surface area contributed by atoms with Crippen molar-refractivity contribution in [3.63, 3.8) is 0 Å². The normalized spacial score (nSPS) is 18.3. The first-order valence-corrected chi connectivity index (χ1v) is 7.44. The molecule has 3 rings (SSSR count). The van der Waals surface area contributed by atoms with Crippen molar-refractivity contribution in [2.45, 2.75) is 38.3 Å². The highest BCUT2D eigenvalue weighted by molar-refractivity contribution is 6.30. The van der Waals surface area contributed by atoms with Crippen molar-refractivity contribution >= 4 is 11.6 Å². The van der Waals surface area contributed by atoms with Crippen LogP contribution in [0.25, 0.3) is 0 Å². The van der Waals surface area contributed by atoms with E-state index in [-0.39, 0.29) is 6.61 Å². The number of hydrogen-bond acceptors (Lipinski definition) is 3. The van der Waals surface area contributed by atoms with Crippen molar-refractivity contribution in [2.75, 3.05) is 19.8 Å². The average Bonchev–Trinajstić information content (AvgIpc) is 2.74. The van der Waals surface area contributed by atoms with Crippen molar-refractivity contribution in [1.82, 2.24) is 4.90 Å². The summed E-state index contributed by atoms with van der Waals surface area (Å²) in [6.07, 6.45) is 4.73. The summed E-state index contributed by atoms with van der Waals surface area (Å²) in [4.78, 5) is 2.36. The van der Waals surface area contributed by atoms with Gasteiger partial charge >= 0.3 is 0 Å². The molecule has 0 unspecified atom stereocenters. The van der Waals surface area contributed by atoms with Gasteiger partial charge in [-0.3, -0.25) is 4.90 Å². The van der Waals surface area contributed by atoms with Gasteiger partial charge in [0, 0.05) is 36.1 Å². The summed E-state index contributed by atoms with van der Waals surface area (Å²) in [5.41, 5.74) is 2.39. The molecule has 0 spiro atoms. The summed E-state index contributed by atoms with van der Waals surface area (Å²) in [6.45, 7) is 2.52. The van der Waals surface area contributed by atoms with E-state index in [1.165, 1.54) is 30.4 Å². The quantitative estimate of drug-likeness (QED) is 0.901. The molecule has 0 aromatic heterocycles. The number of halogens is 1. The molecule has 1 fully saturated rings. The summed E-state index contributed by atoms with van der Waals surface area (Å²) in [6, 6.07) is 4.63. The maximum atomic E-state index is 9.23. The molecule has 0 radical (unpaired) electrons. The number of rotatable bonds is 5. The van der Waals surface area contributed by atoms with Gasteiger partial charge in [0.25, 0.3) is 0 Å². The minimum absolute atomic E-state index is 0.208. The number of ether oxygens (including phenoxy) is 1. The van der Waals surface area contributed by atoms with Crippen LogP contribution in [0.4, 0.5) is 0 Å². The summed E-state index contributed by atoms with van der Waals surface area (Å²) in [5.74, 6) is 1.02. The lowest BCUT2D eigenvalue weighted by atomic mass is 9.91. The van der Waals surface area contributed by atoms with E-state index in [0.717, 1.165) is 36.9 Å². The lowest BCUT2D eigenvalue weighted by molar-refractivity contribution is 0.0937. The van der Waals surface area contributed by atoms with Crippen LogP contribution in [-0.4, -0.2) is 35.8 Å². The third kappa shape index (κ3) is 2.73. The number of aliphatic hydroxyl groups excluding tert-OH is 1. The van der Waals surface area contributed by atoms with Crippen LogP contribution in [0.15, 0.2) is 12.1 Å². The Morgan fingerprint density at radius 1 is 1.37 bits per heavy atom. The molecule has 1 aromatic rings. The van der Waals surface area contributed by atoms with Gasteiger partial charge in [0.15, 0.2) is 0 Å². The lowest BCUT2D eigenvalue weighted by Gasteiger charge is -2.37. The highest BCUT2D eigenvalue weighted by Gasteiger charge is 2.26. The number of nitrogens with zero attached hydrogens (tertiary/aromatic N) is 1. The largest absolute Gasteiger partial charge is 0.493 e. The van der Waals surface area contributed by atoms with Crippen molar-refractivity contribution < 1.29 is 9.84 Å². The number of aliphatic hydroxyl groups is 1. The highest BCUT2D eigenvalue weighted by Crippen LogP contribution is 2.35. The van der Waals surface area contributed by atoms with Crippen LogP contribution in [0.3, 0.4) is 0 Å². The lowest BCUT2D eigenvalue weighted by Crippen LogP contribution is -2.41. The van der Waals surface area contributed by atoms with Gasteiger partial charge < -0.3 is 9.84 Å². The molecule has 1 N–H and O–H groups in total. The molecule has 4 heteroatoms. The Balaban J connectivity index is 1.81. The van der Waals surface area contributed by atoms with E-state index >= 15 is 0 Å². The Bertz CT molecular complexity index is 460. The maximum absolute atomic E-state index is 9.23. The standard InChI is InChI=1S/C15H20ClNO2/c16-13-8-11-4-7-19-15(11)12(9-13)10-17(5-6-18)14-2-1-3-14/h8-9,14,18H,1-7,10H2. The molecule has 1 saturated carbocycles. The van der Waals surface area contributed by atoms with Crippen LogP contribution in [0.1, 0.15) is 30.4 Å². The number of fused-ring (bicyclic) bond motifs is 1. The van der Waals surface area contributed by atoms with Crippen molar-refractivity contribution in [1.29, 1.82) is 0 Å². The van der Waals surface area contributed by atoms with Gasteiger partial charge in [-0.2, -0.15) is 0 Å². The third-order valence-electron chi connectivity index (χ3n) is 4.18. The van der Waals surface area contributed by atoms with E-state index in [0.29, 0.717) is 6.04 Å². The predicted octanol–water partition coefficient (Wildman–Crippen LogP) is 2.62. The van der Waals surface area contributed by atoms with E-state index in [1.807, 2.05) is 12.1 Å². The summed E-state index contributed by atoms with van der Waals surface area (Å²) >= 11 is 6.19. The van der Waals surface area contributed by atoms with Gasteiger partial charge in [0.05, 0.1) is 13.2 Å². The molecule has 1 aliphatic carbocycles. The zero-order valence-corrected chi connectivity index (χ0v) is 11.8. The average molecular weight is 282 g/mol. The van der Waals surface area contributed by atoms with E-state index in [2.05, 4.69) is 4.90 Å². The van der Waals surface area contributed by atoms with Gasteiger partial charge in [0.1, 0.15) is 5.75 Å².